The van der Waals surface area contributed by atoms with Gasteiger partial charge in [0.05, 0.1) is 17.6 Å². The largest absolute Gasteiger partial charge is 0.465 e. The van der Waals surface area contributed by atoms with Crippen LogP contribution >= 0.6 is 0 Å². The molecular formula is C17H16N2O5. The normalized spacial score (nSPS) is 10.1. The van der Waals surface area contributed by atoms with Gasteiger partial charge in [0.2, 0.25) is 0 Å². The number of methoxy groups -OCH3 is 1. The van der Waals surface area contributed by atoms with E-state index in [1.54, 1.807) is 6.07 Å². The van der Waals surface area contributed by atoms with E-state index < -0.39 is 16.8 Å². The molecule has 0 spiro atoms. The van der Waals surface area contributed by atoms with Crippen LogP contribution in [0.5, 0.6) is 0 Å². The average molecular weight is 328 g/mol. The summed E-state index contributed by atoms with van der Waals surface area (Å²) in [6.07, 6.45) is 0. The molecule has 0 aliphatic heterocycles. The molecule has 0 unspecified atom stereocenters. The maximum atomic E-state index is 12.4. The summed E-state index contributed by atoms with van der Waals surface area (Å²) in [6.45, 7) is 3.78. The minimum atomic E-state index is -0.751. The van der Waals surface area contributed by atoms with Gasteiger partial charge in [-0.25, -0.2) is 4.79 Å². The fraction of sp³-hybridized carbons (Fsp3) is 0.176. The van der Waals surface area contributed by atoms with Crippen LogP contribution < -0.4 is 5.32 Å². The van der Waals surface area contributed by atoms with Crippen molar-refractivity contribution in [1.29, 1.82) is 0 Å². The highest BCUT2D eigenvalue weighted by molar-refractivity contribution is 6.06. The maximum absolute atomic E-state index is 12.4. The molecule has 0 aliphatic carbocycles. The van der Waals surface area contributed by atoms with E-state index in [9.17, 15) is 19.7 Å². The summed E-state index contributed by atoms with van der Waals surface area (Å²) in [7, 11) is 1.16. The van der Waals surface area contributed by atoms with Gasteiger partial charge < -0.3 is 10.1 Å². The molecule has 0 atom stereocenters. The zero-order valence-electron chi connectivity index (χ0n) is 13.5. The molecule has 0 aromatic heterocycles. The monoisotopic (exact) mass is 328 g/mol. The number of ether oxygens (including phenoxy) is 1. The minimum Gasteiger partial charge on any atom is -0.465 e. The summed E-state index contributed by atoms with van der Waals surface area (Å²) >= 11 is 0. The van der Waals surface area contributed by atoms with Gasteiger partial charge in [0.25, 0.3) is 11.6 Å². The molecule has 2 aromatic rings. The molecule has 0 heterocycles. The number of esters is 1. The summed E-state index contributed by atoms with van der Waals surface area (Å²) < 4.78 is 4.56. The lowest BCUT2D eigenvalue weighted by Crippen LogP contribution is -2.14. The summed E-state index contributed by atoms with van der Waals surface area (Å²) in [5.74, 6) is -1.30. The second-order valence-corrected chi connectivity index (χ2v) is 5.29. The lowest BCUT2D eigenvalue weighted by molar-refractivity contribution is -0.384. The van der Waals surface area contributed by atoms with Gasteiger partial charge in [0, 0.05) is 23.4 Å². The number of hydrogen-bond acceptors (Lipinski definition) is 5. The van der Waals surface area contributed by atoms with Crippen molar-refractivity contribution < 1.29 is 19.2 Å². The summed E-state index contributed by atoms with van der Waals surface area (Å²) in [4.78, 5) is 34.4. The fourth-order valence-electron chi connectivity index (χ4n) is 2.23. The molecule has 2 aromatic carbocycles. The molecule has 0 saturated heterocycles. The Kier molecular flexibility index (Phi) is 4.93. The van der Waals surface area contributed by atoms with Crippen LogP contribution in [0.1, 0.15) is 31.8 Å². The number of aryl methyl sites for hydroxylation is 2. The van der Waals surface area contributed by atoms with Crippen LogP contribution in [0.4, 0.5) is 11.4 Å². The number of nitrogens with one attached hydrogen (secondary N) is 1. The van der Waals surface area contributed by atoms with Gasteiger partial charge in [-0.3, -0.25) is 14.9 Å². The van der Waals surface area contributed by atoms with Crippen LogP contribution in [-0.4, -0.2) is 23.9 Å². The molecular weight excluding hydrogens is 312 g/mol. The molecule has 7 heteroatoms. The molecule has 1 amide bonds. The number of amides is 1. The number of nitro benzene ring substituents is 1. The highest BCUT2D eigenvalue weighted by atomic mass is 16.6. The number of non-ortho nitro benzene ring substituents is 1. The van der Waals surface area contributed by atoms with Crippen molar-refractivity contribution in [2.75, 3.05) is 12.4 Å². The fourth-order valence-corrected chi connectivity index (χ4v) is 2.23. The minimum absolute atomic E-state index is 0.00424. The first-order chi connectivity index (χ1) is 11.3. The molecule has 124 valence electrons. The molecule has 2 rings (SSSR count). The third kappa shape index (κ3) is 3.75. The van der Waals surface area contributed by atoms with E-state index in [4.69, 9.17) is 0 Å². The molecule has 1 N–H and O–H groups in total. The van der Waals surface area contributed by atoms with Crippen molar-refractivity contribution in [2.24, 2.45) is 0 Å². The lowest BCUT2D eigenvalue weighted by Gasteiger charge is -2.10. The van der Waals surface area contributed by atoms with Crippen molar-refractivity contribution in [2.45, 2.75) is 13.8 Å². The highest BCUT2D eigenvalue weighted by Gasteiger charge is 2.18. The van der Waals surface area contributed by atoms with Gasteiger partial charge in [-0.2, -0.15) is 0 Å². The van der Waals surface area contributed by atoms with E-state index in [2.05, 4.69) is 10.1 Å². The highest BCUT2D eigenvalue weighted by Crippen LogP contribution is 2.21. The Labute approximate surface area is 138 Å². The summed E-state index contributed by atoms with van der Waals surface area (Å²) in [5, 5.41) is 13.7. The number of nitro groups is 1. The smallest absolute Gasteiger partial charge is 0.338 e. The standard InChI is InChI=1S/C17H16N2O5/c1-10-4-5-15(11(2)6-10)18-16(20)12-7-13(17(21)24-3)9-14(8-12)19(22)23/h4-9H,1-3H3,(H,18,20). The van der Waals surface area contributed by atoms with Crippen LogP contribution in [0.15, 0.2) is 36.4 Å². The van der Waals surface area contributed by atoms with Gasteiger partial charge in [-0.1, -0.05) is 17.7 Å². The van der Waals surface area contributed by atoms with E-state index in [-0.39, 0.29) is 16.8 Å². The van der Waals surface area contributed by atoms with Crippen molar-refractivity contribution in [3.05, 3.63) is 68.8 Å². The Balaban J connectivity index is 2.39. The number of benzene rings is 2. The van der Waals surface area contributed by atoms with E-state index in [1.165, 1.54) is 6.07 Å². The van der Waals surface area contributed by atoms with Crippen LogP contribution in [0.25, 0.3) is 0 Å². The van der Waals surface area contributed by atoms with E-state index in [1.807, 2.05) is 26.0 Å². The van der Waals surface area contributed by atoms with Crippen molar-refractivity contribution >= 4 is 23.3 Å². The summed E-state index contributed by atoms with van der Waals surface area (Å²) in [6, 6.07) is 8.95. The number of hydrogen-bond donors (Lipinski definition) is 1. The van der Waals surface area contributed by atoms with E-state index in [0.717, 1.165) is 30.4 Å². The molecule has 0 aliphatic rings. The molecule has 0 fully saturated rings. The van der Waals surface area contributed by atoms with Gasteiger partial charge in [0.15, 0.2) is 0 Å². The Bertz CT molecular complexity index is 830. The van der Waals surface area contributed by atoms with Crippen LogP contribution in [-0.2, 0) is 4.74 Å². The molecule has 0 bridgehead atoms. The summed E-state index contributed by atoms with van der Waals surface area (Å²) in [5.41, 5.74) is 2.10. The van der Waals surface area contributed by atoms with Crippen molar-refractivity contribution in [3.8, 4) is 0 Å². The SMILES string of the molecule is COC(=O)c1cc(C(=O)Nc2ccc(C)cc2C)cc([N+](=O)[O-])c1. The van der Waals surface area contributed by atoms with Gasteiger partial charge in [0.1, 0.15) is 0 Å². The topological polar surface area (TPSA) is 98.5 Å². The lowest BCUT2D eigenvalue weighted by atomic mass is 10.1. The number of carbonyl (C=O) groups is 2. The number of nitrogens with zero attached hydrogens (tertiary/aromatic N) is 1. The first kappa shape index (κ1) is 17.1. The molecule has 0 radical (unpaired) electrons. The number of anilines is 1. The number of carbonyl (C=O) groups excluding carboxylic acids is 2. The first-order valence-electron chi connectivity index (χ1n) is 7.08. The van der Waals surface area contributed by atoms with Crippen LogP contribution in [0, 0.1) is 24.0 Å². The zero-order chi connectivity index (χ0) is 17.9. The quantitative estimate of drug-likeness (QED) is 0.527. The Morgan fingerprint density at radius 3 is 2.33 bits per heavy atom. The maximum Gasteiger partial charge on any atom is 0.338 e. The third-order valence-electron chi connectivity index (χ3n) is 3.44. The second kappa shape index (κ2) is 6.91. The van der Waals surface area contributed by atoms with Crippen molar-refractivity contribution in [1.82, 2.24) is 0 Å². The number of rotatable bonds is 4. The zero-order valence-corrected chi connectivity index (χ0v) is 13.5. The Hall–Kier alpha value is -3.22. The van der Waals surface area contributed by atoms with Gasteiger partial charge in [-0.05, 0) is 31.5 Å². The third-order valence-corrected chi connectivity index (χ3v) is 3.44. The van der Waals surface area contributed by atoms with E-state index >= 15 is 0 Å². The molecule has 24 heavy (non-hydrogen) atoms. The van der Waals surface area contributed by atoms with Gasteiger partial charge in [-0.15, -0.1) is 0 Å². The molecule has 7 nitrogen and oxygen atoms in total. The van der Waals surface area contributed by atoms with Crippen LogP contribution in [0.2, 0.25) is 0 Å². The predicted octanol–water partition coefficient (Wildman–Crippen LogP) is 3.25. The van der Waals surface area contributed by atoms with E-state index in [0.29, 0.717) is 5.69 Å². The average Bonchev–Trinajstić information content (AvgIpc) is 2.56. The molecule has 0 saturated carbocycles. The first-order valence-corrected chi connectivity index (χ1v) is 7.08. The predicted molar refractivity (Wildman–Crippen MR) is 88.3 cm³/mol. The van der Waals surface area contributed by atoms with Gasteiger partial charge >= 0.3 is 5.97 Å². The Morgan fingerprint density at radius 2 is 1.75 bits per heavy atom. The second-order valence-electron chi connectivity index (χ2n) is 5.29. The Morgan fingerprint density at radius 1 is 1.08 bits per heavy atom. The van der Waals surface area contributed by atoms with Crippen LogP contribution in [0.3, 0.4) is 0 Å². The van der Waals surface area contributed by atoms with Crippen molar-refractivity contribution in [3.63, 3.8) is 0 Å².